The van der Waals surface area contributed by atoms with Crippen molar-refractivity contribution in [2.45, 2.75) is 45.7 Å². The molecular weight excluding hydrogens is 338 g/mol. The first-order valence-electron chi connectivity index (χ1n) is 9.25. The van der Waals surface area contributed by atoms with Crippen LogP contribution >= 0.6 is 0 Å². The molecule has 0 radical (unpaired) electrons. The molecule has 144 valence electrons. The van der Waals surface area contributed by atoms with Gasteiger partial charge in [0.15, 0.2) is 0 Å². The molecule has 2 aromatic rings. The maximum absolute atomic E-state index is 12.4. The summed E-state index contributed by atoms with van der Waals surface area (Å²) in [5.74, 6) is -0.101. The van der Waals surface area contributed by atoms with Crippen molar-refractivity contribution in [3.8, 4) is 0 Å². The number of urea groups is 1. The third-order valence-electron chi connectivity index (χ3n) is 4.34. The summed E-state index contributed by atoms with van der Waals surface area (Å²) in [5, 5.41) is 8.57. The second kappa shape index (κ2) is 9.21. The number of hydrogen-bond acceptors (Lipinski definition) is 2. The quantitative estimate of drug-likeness (QED) is 0.700. The van der Waals surface area contributed by atoms with E-state index in [9.17, 15) is 9.59 Å². The van der Waals surface area contributed by atoms with Gasteiger partial charge in [-0.3, -0.25) is 4.79 Å². The highest BCUT2D eigenvalue weighted by Gasteiger charge is 2.21. The maximum Gasteiger partial charge on any atom is 0.315 e. The molecule has 3 amide bonds. The predicted octanol–water partition coefficient (Wildman–Crippen LogP) is 3.60. The molecule has 0 aromatic heterocycles. The number of carbonyl (C=O) groups is 2. The highest BCUT2D eigenvalue weighted by molar-refractivity contribution is 5.94. The van der Waals surface area contributed by atoms with Crippen LogP contribution in [0.25, 0.3) is 0 Å². The van der Waals surface area contributed by atoms with Gasteiger partial charge < -0.3 is 16.0 Å². The molecule has 0 fully saturated rings. The molecular formula is C22H29N3O2. The third kappa shape index (κ3) is 6.44. The van der Waals surface area contributed by atoms with E-state index in [2.05, 4.69) is 41.9 Å². The molecule has 0 heterocycles. The van der Waals surface area contributed by atoms with Crippen LogP contribution in [0.3, 0.4) is 0 Å². The van der Waals surface area contributed by atoms with E-state index in [0.29, 0.717) is 18.7 Å². The molecule has 0 bridgehead atoms. The lowest BCUT2D eigenvalue weighted by atomic mass is 9.84. The first kappa shape index (κ1) is 20.5. The molecule has 3 N–H and O–H groups in total. The van der Waals surface area contributed by atoms with E-state index in [1.54, 1.807) is 12.1 Å². The van der Waals surface area contributed by atoms with Crippen LogP contribution in [0.15, 0.2) is 54.6 Å². The van der Waals surface area contributed by atoms with Crippen molar-refractivity contribution in [1.82, 2.24) is 16.0 Å². The van der Waals surface area contributed by atoms with Gasteiger partial charge in [-0.25, -0.2) is 4.79 Å². The predicted molar refractivity (Wildman–Crippen MR) is 109 cm³/mol. The average Bonchev–Trinajstić information content (AvgIpc) is 2.65. The molecule has 2 rings (SSSR count). The fraction of sp³-hybridized carbons (Fsp3) is 0.364. The van der Waals surface area contributed by atoms with Crippen LogP contribution < -0.4 is 16.0 Å². The van der Waals surface area contributed by atoms with Crippen LogP contribution in [0.5, 0.6) is 0 Å². The van der Waals surface area contributed by atoms with Crippen molar-refractivity contribution in [3.05, 3.63) is 71.3 Å². The molecule has 0 spiro atoms. The van der Waals surface area contributed by atoms with Gasteiger partial charge >= 0.3 is 6.03 Å². The molecule has 0 saturated carbocycles. The molecule has 0 aliphatic rings. The van der Waals surface area contributed by atoms with Crippen molar-refractivity contribution in [2.24, 2.45) is 0 Å². The summed E-state index contributed by atoms with van der Waals surface area (Å²) in [6.45, 7) is 9.01. The molecule has 27 heavy (non-hydrogen) atoms. The minimum absolute atomic E-state index is 0.0937. The third-order valence-corrected chi connectivity index (χ3v) is 4.34. The Morgan fingerprint density at radius 3 is 2.15 bits per heavy atom. The van der Waals surface area contributed by atoms with E-state index in [1.165, 1.54) is 5.56 Å². The maximum atomic E-state index is 12.4. The molecule has 0 saturated heterocycles. The largest absolute Gasteiger partial charge is 0.351 e. The Bertz CT molecular complexity index is 753. The molecule has 0 aliphatic carbocycles. The fourth-order valence-corrected chi connectivity index (χ4v) is 2.66. The average molecular weight is 367 g/mol. The Hall–Kier alpha value is -2.82. The molecule has 0 aliphatic heterocycles. The summed E-state index contributed by atoms with van der Waals surface area (Å²) in [7, 11) is 0. The van der Waals surface area contributed by atoms with Crippen LogP contribution in [0.2, 0.25) is 0 Å². The minimum atomic E-state index is -0.199. The Morgan fingerprint density at radius 1 is 0.926 bits per heavy atom. The lowest BCUT2D eigenvalue weighted by molar-refractivity contribution is 0.0945. The Kier molecular flexibility index (Phi) is 6.99. The number of amides is 3. The van der Waals surface area contributed by atoms with Gasteiger partial charge in [0.2, 0.25) is 0 Å². The van der Waals surface area contributed by atoms with Gasteiger partial charge in [-0.2, -0.15) is 0 Å². The first-order chi connectivity index (χ1) is 12.8. The van der Waals surface area contributed by atoms with E-state index >= 15 is 0 Å². The van der Waals surface area contributed by atoms with Crippen molar-refractivity contribution in [3.63, 3.8) is 0 Å². The zero-order valence-electron chi connectivity index (χ0n) is 16.5. The summed E-state index contributed by atoms with van der Waals surface area (Å²) < 4.78 is 0. The van der Waals surface area contributed by atoms with Crippen LogP contribution in [0.4, 0.5) is 4.79 Å². The summed E-state index contributed by atoms with van der Waals surface area (Å²) >= 11 is 0. The van der Waals surface area contributed by atoms with E-state index < -0.39 is 0 Å². The van der Waals surface area contributed by atoms with Gasteiger partial charge in [-0.15, -0.1) is 0 Å². The smallest absolute Gasteiger partial charge is 0.315 e. The van der Waals surface area contributed by atoms with Crippen molar-refractivity contribution in [1.29, 1.82) is 0 Å². The van der Waals surface area contributed by atoms with Gasteiger partial charge in [-0.05, 0) is 37.1 Å². The van der Waals surface area contributed by atoms with Gasteiger partial charge in [0.1, 0.15) is 0 Å². The van der Waals surface area contributed by atoms with Crippen LogP contribution in [-0.4, -0.2) is 24.5 Å². The van der Waals surface area contributed by atoms with Crippen molar-refractivity contribution >= 4 is 11.9 Å². The highest BCUT2D eigenvalue weighted by Crippen LogP contribution is 2.21. The molecule has 2 aromatic carbocycles. The first-order valence-corrected chi connectivity index (χ1v) is 9.25. The Morgan fingerprint density at radius 2 is 1.56 bits per heavy atom. The van der Waals surface area contributed by atoms with E-state index in [0.717, 1.165) is 5.56 Å². The number of carbonyl (C=O) groups excluding carboxylic acids is 2. The van der Waals surface area contributed by atoms with Crippen molar-refractivity contribution in [2.75, 3.05) is 6.54 Å². The monoisotopic (exact) mass is 367 g/mol. The SMILES string of the molecule is CC(C)NC(=O)NCc1ccc(C(=O)NCC(C)(C)c2ccccc2)cc1. The Labute approximate surface area is 161 Å². The summed E-state index contributed by atoms with van der Waals surface area (Å²) in [4.78, 5) is 24.0. The van der Waals surface area contributed by atoms with Crippen LogP contribution in [-0.2, 0) is 12.0 Å². The summed E-state index contributed by atoms with van der Waals surface area (Å²) in [6.07, 6.45) is 0. The normalized spacial score (nSPS) is 11.1. The molecule has 0 unspecified atom stereocenters. The van der Waals surface area contributed by atoms with E-state index in [-0.39, 0.29) is 23.4 Å². The molecule has 5 heteroatoms. The second-order valence-corrected chi connectivity index (χ2v) is 7.61. The number of nitrogens with one attached hydrogen (secondary N) is 3. The zero-order valence-corrected chi connectivity index (χ0v) is 16.5. The van der Waals surface area contributed by atoms with E-state index in [1.807, 2.05) is 44.2 Å². The minimum Gasteiger partial charge on any atom is -0.351 e. The number of rotatable bonds is 7. The van der Waals surface area contributed by atoms with Crippen LogP contribution in [0, 0.1) is 0 Å². The lowest BCUT2D eigenvalue weighted by Gasteiger charge is -2.25. The zero-order chi connectivity index (χ0) is 19.9. The number of hydrogen-bond donors (Lipinski definition) is 3. The van der Waals surface area contributed by atoms with Gasteiger partial charge in [0.05, 0.1) is 0 Å². The highest BCUT2D eigenvalue weighted by atomic mass is 16.2. The summed E-state index contributed by atoms with van der Waals surface area (Å²) in [6, 6.07) is 17.3. The Balaban J connectivity index is 1.87. The lowest BCUT2D eigenvalue weighted by Crippen LogP contribution is -2.39. The van der Waals surface area contributed by atoms with E-state index in [4.69, 9.17) is 0 Å². The van der Waals surface area contributed by atoms with Crippen LogP contribution in [0.1, 0.15) is 49.2 Å². The van der Waals surface area contributed by atoms with Gasteiger partial charge in [-0.1, -0.05) is 56.3 Å². The van der Waals surface area contributed by atoms with Gasteiger partial charge in [0.25, 0.3) is 5.91 Å². The standard InChI is InChI=1S/C22H29N3O2/c1-16(2)25-21(27)23-14-17-10-12-18(13-11-17)20(26)24-15-22(3,4)19-8-6-5-7-9-19/h5-13,16H,14-15H2,1-4H3,(H,24,26)(H2,23,25,27). The molecule has 5 nitrogen and oxygen atoms in total. The summed E-state index contributed by atoms with van der Waals surface area (Å²) in [5.41, 5.74) is 2.58. The topological polar surface area (TPSA) is 70.2 Å². The van der Waals surface area contributed by atoms with Crippen molar-refractivity contribution < 1.29 is 9.59 Å². The number of benzene rings is 2. The van der Waals surface area contributed by atoms with Gasteiger partial charge in [0, 0.05) is 30.1 Å². The second-order valence-electron chi connectivity index (χ2n) is 7.61. The molecule has 0 atom stereocenters. The fourth-order valence-electron chi connectivity index (χ4n) is 2.66.